The van der Waals surface area contributed by atoms with Gasteiger partial charge in [-0.1, -0.05) is 0 Å². The van der Waals surface area contributed by atoms with Crippen LogP contribution in [-0.2, 0) is 0 Å². The van der Waals surface area contributed by atoms with Crippen molar-refractivity contribution in [3.8, 4) is 5.88 Å². The molecule has 0 amide bonds. The van der Waals surface area contributed by atoms with E-state index in [1.165, 1.54) is 13.4 Å². The number of nitrogen functional groups attached to an aromatic ring is 1. The van der Waals surface area contributed by atoms with Gasteiger partial charge in [0.25, 0.3) is 0 Å². The molecule has 0 aromatic carbocycles. The number of hydrogen-bond donors (Lipinski definition) is 3. The molecule has 0 radical (unpaired) electrons. The number of aliphatic hydroxyl groups excluding tert-OH is 1. The van der Waals surface area contributed by atoms with Crippen molar-refractivity contribution in [2.24, 2.45) is 0 Å². The molecule has 0 saturated carbocycles. The second-order valence-electron chi connectivity index (χ2n) is 3.78. The van der Waals surface area contributed by atoms with Gasteiger partial charge in [-0.15, -0.1) is 0 Å². The smallest absolute Gasteiger partial charge is 0.242 e. The van der Waals surface area contributed by atoms with Crippen LogP contribution in [-0.4, -0.2) is 34.3 Å². The Morgan fingerprint density at radius 3 is 2.75 bits per heavy atom. The molecule has 4 N–H and O–H groups in total. The Bertz CT molecular complexity index is 344. The van der Waals surface area contributed by atoms with Crippen LogP contribution in [0.4, 0.5) is 11.5 Å². The summed E-state index contributed by atoms with van der Waals surface area (Å²) < 4.78 is 4.98. The van der Waals surface area contributed by atoms with Gasteiger partial charge in [-0.2, -0.15) is 4.98 Å². The third kappa shape index (κ3) is 3.23. The van der Waals surface area contributed by atoms with Crippen LogP contribution in [0, 0.1) is 0 Å². The fourth-order valence-corrected chi connectivity index (χ4v) is 1.46. The monoisotopic (exact) mass is 226 g/mol. The molecule has 1 heterocycles. The molecule has 0 spiro atoms. The number of methoxy groups -OCH3 is 1. The number of rotatable bonds is 5. The van der Waals surface area contributed by atoms with Crippen molar-refractivity contribution < 1.29 is 9.84 Å². The van der Waals surface area contributed by atoms with Crippen molar-refractivity contribution >= 4 is 11.5 Å². The van der Waals surface area contributed by atoms with Gasteiger partial charge in [-0.25, -0.2) is 4.98 Å². The lowest BCUT2D eigenvalue weighted by atomic mass is 10.1. The SMILES string of the molecule is COc1ncnc(NC(C)CC(C)O)c1N. The summed E-state index contributed by atoms with van der Waals surface area (Å²) in [5, 5.41) is 12.3. The van der Waals surface area contributed by atoms with Crippen LogP contribution < -0.4 is 15.8 Å². The maximum atomic E-state index is 9.24. The zero-order valence-electron chi connectivity index (χ0n) is 9.77. The normalized spacial score (nSPS) is 14.2. The molecule has 0 fully saturated rings. The molecular weight excluding hydrogens is 208 g/mol. The van der Waals surface area contributed by atoms with E-state index in [1.54, 1.807) is 6.92 Å². The summed E-state index contributed by atoms with van der Waals surface area (Å²) in [5.41, 5.74) is 6.18. The number of aliphatic hydroxyl groups is 1. The predicted molar refractivity (Wildman–Crippen MR) is 62.4 cm³/mol. The number of nitrogens with one attached hydrogen (secondary N) is 1. The van der Waals surface area contributed by atoms with Gasteiger partial charge in [0, 0.05) is 6.04 Å². The van der Waals surface area contributed by atoms with Crippen molar-refractivity contribution in [1.82, 2.24) is 9.97 Å². The molecule has 6 heteroatoms. The number of nitrogens with two attached hydrogens (primary N) is 1. The second kappa shape index (κ2) is 5.50. The van der Waals surface area contributed by atoms with Crippen LogP contribution in [0.3, 0.4) is 0 Å². The van der Waals surface area contributed by atoms with E-state index in [-0.39, 0.29) is 12.1 Å². The van der Waals surface area contributed by atoms with Crippen molar-refractivity contribution in [3.63, 3.8) is 0 Å². The van der Waals surface area contributed by atoms with Crippen LogP contribution in [0.25, 0.3) is 0 Å². The Balaban J connectivity index is 2.73. The molecular formula is C10H18N4O2. The third-order valence-corrected chi connectivity index (χ3v) is 2.12. The van der Waals surface area contributed by atoms with Gasteiger partial charge in [0.1, 0.15) is 12.0 Å². The van der Waals surface area contributed by atoms with Crippen LogP contribution in [0.1, 0.15) is 20.3 Å². The van der Waals surface area contributed by atoms with E-state index in [0.717, 1.165) is 0 Å². The molecule has 6 nitrogen and oxygen atoms in total. The van der Waals surface area contributed by atoms with Crippen LogP contribution in [0.15, 0.2) is 6.33 Å². The number of nitrogens with zero attached hydrogens (tertiary/aromatic N) is 2. The highest BCUT2D eigenvalue weighted by molar-refractivity contribution is 5.66. The molecule has 2 atom stereocenters. The summed E-state index contributed by atoms with van der Waals surface area (Å²) >= 11 is 0. The first-order valence-corrected chi connectivity index (χ1v) is 5.13. The number of ether oxygens (including phenoxy) is 1. The number of hydrogen-bond acceptors (Lipinski definition) is 6. The van der Waals surface area contributed by atoms with Crippen LogP contribution in [0.5, 0.6) is 5.88 Å². The molecule has 90 valence electrons. The molecule has 0 aliphatic heterocycles. The zero-order chi connectivity index (χ0) is 12.1. The Labute approximate surface area is 94.9 Å². The van der Waals surface area contributed by atoms with E-state index in [1.807, 2.05) is 6.92 Å². The van der Waals surface area contributed by atoms with Crippen LogP contribution >= 0.6 is 0 Å². The van der Waals surface area contributed by atoms with Gasteiger partial charge in [0.2, 0.25) is 5.88 Å². The van der Waals surface area contributed by atoms with Crippen molar-refractivity contribution in [3.05, 3.63) is 6.33 Å². The number of anilines is 2. The first-order valence-electron chi connectivity index (χ1n) is 5.13. The molecule has 1 rings (SSSR count). The topological polar surface area (TPSA) is 93.3 Å². The Morgan fingerprint density at radius 1 is 1.50 bits per heavy atom. The van der Waals surface area contributed by atoms with Gasteiger partial charge < -0.3 is 20.9 Å². The highest BCUT2D eigenvalue weighted by Gasteiger charge is 2.12. The average molecular weight is 226 g/mol. The Hall–Kier alpha value is -1.56. The zero-order valence-corrected chi connectivity index (χ0v) is 9.77. The fourth-order valence-electron chi connectivity index (χ4n) is 1.46. The minimum absolute atomic E-state index is 0.0712. The lowest BCUT2D eigenvalue weighted by Crippen LogP contribution is -2.22. The average Bonchev–Trinajstić information content (AvgIpc) is 2.20. The summed E-state index contributed by atoms with van der Waals surface area (Å²) in [5.74, 6) is 0.877. The van der Waals surface area contributed by atoms with E-state index >= 15 is 0 Å². The number of aromatic nitrogens is 2. The highest BCUT2D eigenvalue weighted by Crippen LogP contribution is 2.24. The van der Waals surface area contributed by atoms with Crippen molar-refractivity contribution in [2.75, 3.05) is 18.2 Å². The standard InChI is InChI=1S/C10H18N4O2/c1-6(4-7(2)15)14-9-8(11)10(16-3)13-5-12-9/h5-7,15H,4,11H2,1-3H3,(H,12,13,14). The molecule has 1 aromatic rings. The summed E-state index contributed by atoms with van der Waals surface area (Å²) in [6.07, 6.45) is 1.63. The summed E-state index contributed by atoms with van der Waals surface area (Å²) in [6.45, 7) is 3.68. The van der Waals surface area contributed by atoms with Crippen molar-refractivity contribution in [2.45, 2.75) is 32.4 Å². The largest absolute Gasteiger partial charge is 0.479 e. The Kier molecular flexibility index (Phi) is 4.30. The lowest BCUT2D eigenvalue weighted by molar-refractivity contribution is 0.179. The van der Waals surface area contributed by atoms with Gasteiger partial charge in [0.15, 0.2) is 5.82 Å². The molecule has 0 aliphatic carbocycles. The van der Waals surface area contributed by atoms with Gasteiger partial charge >= 0.3 is 0 Å². The van der Waals surface area contributed by atoms with E-state index < -0.39 is 0 Å². The maximum absolute atomic E-state index is 9.24. The lowest BCUT2D eigenvalue weighted by Gasteiger charge is -2.17. The molecule has 16 heavy (non-hydrogen) atoms. The minimum Gasteiger partial charge on any atom is -0.479 e. The predicted octanol–water partition coefficient (Wildman–Crippen LogP) is 0.639. The second-order valence-corrected chi connectivity index (χ2v) is 3.78. The summed E-state index contributed by atoms with van der Waals surface area (Å²) in [7, 11) is 1.50. The molecule has 2 unspecified atom stereocenters. The quantitative estimate of drug-likeness (QED) is 0.682. The maximum Gasteiger partial charge on any atom is 0.242 e. The van der Waals surface area contributed by atoms with E-state index in [9.17, 15) is 5.11 Å². The highest BCUT2D eigenvalue weighted by atomic mass is 16.5. The van der Waals surface area contributed by atoms with Crippen molar-refractivity contribution in [1.29, 1.82) is 0 Å². The van der Waals surface area contributed by atoms with E-state index in [2.05, 4.69) is 15.3 Å². The summed E-state index contributed by atoms with van der Waals surface area (Å²) in [6, 6.07) is 0.0712. The molecule has 1 aromatic heterocycles. The van der Waals surface area contributed by atoms with E-state index in [4.69, 9.17) is 10.5 Å². The first kappa shape index (κ1) is 12.5. The molecule has 0 aliphatic rings. The Morgan fingerprint density at radius 2 is 2.19 bits per heavy atom. The van der Waals surface area contributed by atoms with Gasteiger partial charge in [-0.3, -0.25) is 0 Å². The van der Waals surface area contributed by atoms with Crippen LogP contribution in [0.2, 0.25) is 0 Å². The fraction of sp³-hybridized carbons (Fsp3) is 0.600. The summed E-state index contributed by atoms with van der Waals surface area (Å²) in [4.78, 5) is 7.90. The molecule has 0 saturated heterocycles. The first-order chi connectivity index (χ1) is 7.54. The van der Waals surface area contributed by atoms with Gasteiger partial charge in [-0.05, 0) is 20.3 Å². The van der Waals surface area contributed by atoms with E-state index in [0.29, 0.717) is 23.8 Å². The minimum atomic E-state index is -0.368. The molecule has 0 bridgehead atoms. The third-order valence-electron chi connectivity index (χ3n) is 2.12. The van der Waals surface area contributed by atoms with Gasteiger partial charge in [0.05, 0.1) is 13.2 Å².